The number of methoxy groups -OCH3 is 2. The maximum Gasteiger partial charge on any atom is 0.255 e. The quantitative estimate of drug-likeness (QED) is 0.468. The first-order valence-corrected chi connectivity index (χ1v) is 11.9. The lowest BCUT2D eigenvalue weighted by atomic mass is 10.0. The monoisotopic (exact) mass is 476 g/mol. The average Bonchev–Trinajstić information content (AvgIpc) is 3.58. The van der Waals surface area contributed by atoms with Crippen molar-refractivity contribution < 1.29 is 23.5 Å². The molecule has 0 spiro atoms. The third-order valence-corrected chi connectivity index (χ3v) is 6.45. The van der Waals surface area contributed by atoms with Gasteiger partial charge in [0.25, 0.3) is 5.91 Å². The van der Waals surface area contributed by atoms with E-state index in [0.29, 0.717) is 22.8 Å². The predicted molar refractivity (Wildman–Crippen MR) is 132 cm³/mol. The minimum absolute atomic E-state index is 0.122. The molecule has 0 bridgehead atoms. The molecule has 3 aromatic rings. The smallest absolute Gasteiger partial charge is 0.255 e. The topological polar surface area (TPSA) is 81.0 Å². The van der Waals surface area contributed by atoms with Gasteiger partial charge in [-0.2, -0.15) is 0 Å². The highest BCUT2D eigenvalue weighted by molar-refractivity contribution is 5.98. The molecule has 2 amide bonds. The van der Waals surface area contributed by atoms with E-state index in [1.165, 1.54) is 7.11 Å². The number of carbonyl (C=O) groups is 2. The number of nitrogens with zero attached hydrogens (tertiary/aromatic N) is 1. The van der Waals surface area contributed by atoms with Crippen molar-refractivity contribution in [1.82, 2.24) is 10.2 Å². The number of furan rings is 1. The number of ether oxygens (including phenoxy) is 2. The van der Waals surface area contributed by atoms with Gasteiger partial charge in [-0.05, 0) is 55.7 Å². The van der Waals surface area contributed by atoms with Gasteiger partial charge in [0.15, 0.2) is 11.5 Å². The van der Waals surface area contributed by atoms with Gasteiger partial charge in [-0.15, -0.1) is 0 Å². The van der Waals surface area contributed by atoms with Crippen molar-refractivity contribution in [2.24, 2.45) is 0 Å². The van der Waals surface area contributed by atoms with E-state index in [9.17, 15) is 9.59 Å². The normalized spacial score (nSPS) is 14.4. The van der Waals surface area contributed by atoms with Gasteiger partial charge >= 0.3 is 0 Å². The number of hydrogen-bond donors (Lipinski definition) is 1. The van der Waals surface area contributed by atoms with Crippen LogP contribution in [-0.4, -0.2) is 37.0 Å². The maximum atomic E-state index is 14.0. The van der Waals surface area contributed by atoms with E-state index in [0.717, 1.165) is 36.8 Å². The molecule has 2 aromatic carbocycles. The molecule has 0 saturated heterocycles. The fourth-order valence-electron chi connectivity index (χ4n) is 4.56. The molecule has 35 heavy (non-hydrogen) atoms. The lowest BCUT2D eigenvalue weighted by Crippen LogP contribution is -2.45. The van der Waals surface area contributed by atoms with Crippen molar-refractivity contribution in [3.8, 4) is 11.5 Å². The summed E-state index contributed by atoms with van der Waals surface area (Å²) in [6, 6.07) is 15.6. The highest BCUT2D eigenvalue weighted by atomic mass is 16.5. The highest BCUT2D eigenvalue weighted by Crippen LogP contribution is 2.31. The molecular formula is C28H32N2O5. The first-order valence-electron chi connectivity index (χ1n) is 11.9. The van der Waals surface area contributed by atoms with Crippen molar-refractivity contribution in [1.29, 1.82) is 0 Å². The Bertz CT molecular complexity index is 1130. The summed E-state index contributed by atoms with van der Waals surface area (Å²) in [4.78, 5) is 29.3. The third kappa shape index (κ3) is 5.67. The van der Waals surface area contributed by atoms with Crippen LogP contribution in [0, 0.1) is 6.92 Å². The molecule has 1 N–H and O–H groups in total. The van der Waals surface area contributed by atoms with Gasteiger partial charge in [0.1, 0.15) is 11.8 Å². The number of rotatable bonds is 9. The molecule has 1 aromatic heterocycles. The van der Waals surface area contributed by atoms with Gasteiger partial charge in [-0.25, -0.2) is 0 Å². The molecule has 7 heteroatoms. The number of benzene rings is 2. The van der Waals surface area contributed by atoms with Crippen LogP contribution in [0.1, 0.15) is 59.0 Å². The lowest BCUT2D eigenvalue weighted by Gasteiger charge is -2.32. The molecule has 1 aliphatic rings. The molecule has 1 atom stereocenters. The molecule has 1 fully saturated rings. The Morgan fingerprint density at radius 2 is 1.74 bits per heavy atom. The Labute approximate surface area is 206 Å². The molecule has 1 aliphatic carbocycles. The number of nitrogens with one attached hydrogen (secondary N) is 1. The van der Waals surface area contributed by atoms with Gasteiger partial charge in [0.05, 0.1) is 27.0 Å². The van der Waals surface area contributed by atoms with Gasteiger partial charge in [-0.1, -0.05) is 42.7 Å². The van der Waals surface area contributed by atoms with E-state index in [1.807, 2.05) is 31.2 Å². The van der Waals surface area contributed by atoms with Gasteiger partial charge in [0.2, 0.25) is 5.91 Å². The van der Waals surface area contributed by atoms with Crippen LogP contribution in [-0.2, 0) is 11.3 Å². The molecular weight excluding hydrogens is 444 g/mol. The fraction of sp³-hybridized carbons (Fsp3) is 0.357. The first kappa shape index (κ1) is 24.4. The Morgan fingerprint density at radius 3 is 2.37 bits per heavy atom. The zero-order valence-electron chi connectivity index (χ0n) is 20.5. The van der Waals surface area contributed by atoms with Crippen LogP contribution in [0.4, 0.5) is 0 Å². The minimum Gasteiger partial charge on any atom is -0.493 e. The highest BCUT2D eigenvalue weighted by Gasteiger charge is 2.34. The second kappa shape index (κ2) is 11.1. The Hall–Kier alpha value is -3.74. The fourth-order valence-corrected chi connectivity index (χ4v) is 4.56. The van der Waals surface area contributed by atoms with Crippen LogP contribution in [0.3, 0.4) is 0 Å². The molecule has 184 valence electrons. The second-order valence-electron chi connectivity index (χ2n) is 8.89. The molecule has 1 heterocycles. The molecule has 1 saturated carbocycles. The maximum absolute atomic E-state index is 14.0. The summed E-state index contributed by atoms with van der Waals surface area (Å²) in [5.74, 6) is 1.05. The van der Waals surface area contributed by atoms with Gasteiger partial charge in [0, 0.05) is 11.6 Å². The molecule has 7 nitrogen and oxygen atoms in total. The Balaban J connectivity index is 1.75. The first-order chi connectivity index (χ1) is 17.0. The molecule has 1 unspecified atom stereocenters. The van der Waals surface area contributed by atoms with Crippen LogP contribution >= 0.6 is 0 Å². The van der Waals surface area contributed by atoms with Crippen LogP contribution in [0.25, 0.3) is 0 Å². The molecule has 0 radical (unpaired) electrons. The summed E-state index contributed by atoms with van der Waals surface area (Å²) >= 11 is 0. The number of aryl methyl sites for hydroxylation is 1. The van der Waals surface area contributed by atoms with Crippen LogP contribution in [0.15, 0.2) is 65.3 Å². The van der Waals surface area contributed by atoms with Gasteiger partial charge in [-0.3, -0.25) is 9.59 Å². The zero-order valence-corrected chi connectivity index (χ0v) is 20.5. The Kier molecular flexibility index (Phi) is 7.75. The summed E-state index contributed by atoms with van der Waals surface area (Å²) in [5, 5.41) is 3.19. The zero-order chi connectivity index (χ0) is 24.8. The van der Waals surface area contributed by atoms with Crippen molar-refractivity contribution in [3.63, 3.8) is 0 Å². The van der Waals surface area contributed by atoms with E-state index >= 15 is 0 Å². The lowest BCUT2D eigenvalue weighted by molar-refractivity contribution is -0.126. The number of hydrogen-bond acceptors (Lipinski definition) is 5. The summed E-state index contributed by atoms with van der Waals surface area (Å²) in [5.41, 5.74) is 2.21. The second-order valence-corrected chi connectivity index (χ2v) is 8.89. The number of carbonyl (C=O) groups excluding carboxylic acids is 2. The van der Waals surface area contributed by atoms with Crippen molar-refractivity contribution in [2.75, 3.05) is 14.2 Å². The summed E-state index contributed by atoms with van der Waals surface area (Å²) in [7, 11) is 3.07. The van der Waals surface area contributed by atoms with Crippen LogP contribution in [0.2, 0.25) is 0 Å². The summed E-state index contributed by atoms with van der Waals surface area (Å²) in [6.07, 6.45) is 5.66. The SMILES string of the molecule is COc1ccc(C(=O)N(Cc2ccco2)C(C(=O)NC2CCCC2)c2ccc(C)cc2)cc1OC. The third-order valence-electron chi connectivity index (χ3n) is 6.45. The average molecular weight is 477 g/mol. The van der Waals surface area contributed by atoms with Gasteiger partial charge < -0.3 is 24.1 Å². The Morgan fingerprint density at radius 1 is 1.03 bits per heavy atom. The van der Waals surface area contributed by atoms with Crippen LogP contribution in [0.5, 0.6) is 11.5 Å². The summed E-state index contributed by atoms with van der Waals surface area (Å²) in [6.45, 7) is 2.13. The van der Waals surface area contributed by atoms with E-state index < -0.39 is 6.04 Å². The van der Waals surface area contributed by atoms with Crippen molar-refractivity contribution >= 4 is 11.8 Å². The largest absolute Gasteiger partial charge is 0.493 e. The van der Waals surface area contributed by atoms with E-state index in [1.54, 1.807) is 48.6 Å². The van der Waals surface area contributed by atoms with Crippen LogP contribution < -0.4 is 14.8 Å². The standard InChI is InChI=1S/C28H32N2O5/c1-19-10-12-20(13-11-19)26(27(31)29-22-7-4-5-8-22)30(18-23-9-6-16-35-23)28(32)21-14-15-24(33-2)25(17-21)34-3/h6,9-17,22,26H,4-5,7-8,18H2,1-3H3,(H,29,31). The predicted octanol–water partition coefficient (Wildman–Crippen LogP) is 5.05. The van der Waals surface area contributed by atoms with E-state index in [4.69, 9.17) is 13.9 Å². The minimum atomic E-state index is -0.832. The number of amides is 2. The summed E-state index contributed by atoms with van der Waals surface area (Å²) < 4.78 is 16.3. The van der Waals surface area contributed by atoms with E-state index in [2.05, 4.69) is 5.32 Å². The molecule has 0 aliphatic heterocycles. The van der Waals surface area contributed by atoms with E-state index in [-0.39, 0.29) is 24.4 Å². The van der Waals surface area contributed by atoms with Crippen molar-refractivity contribution in [2.45, 2.75) is 51.2 Å². The van der Waals surface area contributed by atoms with Crippen molar-refractivity contribution in [3.05, 3.63) is 83.3 Å². The molecule has 4 rings (SSSR count).